The number of aryl methyl sites for hydroxylation is 1. The molecule has 1 aliphatic carbocycles. The minimum atomic E-state index is -0.827. The van der Waals surface area contributed by atoms with Crippen LogP contribution in [-0.4, -0.2) is 31.6 Å². The Morgan fingerprint density at radius 3 is 2.45 bits per heavy atom. The van der Waals surface area contributed by atoms with Gasteiger partial charge >= 0.3 is 6.09 Å². The van der Waals surface area contributed by atoms with Gasteiger partial charge in [-0.2, -0.15) is 0 Å². The summed E-state index contributed by atoms with van der Waals surface area (Å²) in [7, 11) is 1.20. The molecule has 8 heteroatoms. The molecule has 0 radical (unpaired) electrons. The SMILES string of the molecule is CCOc1ccc(C(=O)Nc2sc3c(c2C(=O)NC(=O)OC)CCCCC3)cc1. The molecule has 1 aromatic carbocycles. The number of carbonyl (C=O) groups is 3. The number of thiophene rings is 1. The molecule has 0 fully saturated rings. The molecule has 1 heterocycles. The summed E-state index contributed by atoms with van der Waals surface area (Å²) in [5.41, 5.74) is 1.73. The third-order valence-electron chi connectivity index (χ3n) is 4.70. The van der Waals surface area contributed by atoms with E-state index in [-0.39, 0.29) is 5.91 Å². The Hall–Kier alpha value is -2.87. The van der Waals surface area contributed by atoms with Crippen molar-refractivity contribution in [3.05, 3.63) is 45.8 Å². The van der Waals surface area contributed by atoms with Gasteiger partial charge in [-0.05, 0) is 62.4 Å². The molecule has 3 rings (SSSR count). The van der Waals surface area contributed by atoms with E-state index in [1.165, 1.54) is 18.4 Å². The normalized spacial score (nSPS) is 13.0. The van der Waals surface area contributed by atoms with E-state index in [0.29, 0.717) is 28.5 Å². The highest BCUT2D eigenvalue weighted by atomic mass is 32.1. The van der Waals surface area contributed by atoms with Crippen LogP contribution >= 0.6 is 11.3 Å². The van der Waals surface area contributed by atoms with E-state index in [1.54, 1.807) is 24.3 Å². The topological polar surface area (TPSA) is 93.7 Å². The number of methoxy groups -OCH3 is 1. The number of benzene rings is 1. The highest BCUT2D eigenvalue weighted by Gasteiger charge is 2.27. The van der Waals surface area contributed by atoms with Crippen LogP contribution in [0.2, 0.25) is 0 Å². The number of amides is 3. The molecule has 1 aromatic heterocycles. The lowest BCUT2D eigenvalue weighted by atomic mass is 10.0. The van der Waals surface area contributed by atoms with E-state index >= 15 is 0 Å². The third-order valence-corrected chi connectivity index (χ3v) is 5.91. The van der Waals surface area contributed by atoms with Crippen molar-refractivity contribution in [2.75, 3.05) is 19.0 Å². The van der Waals surface area contributed by atoms with E-state index in [4.69, 9.17) is 4.74 Å². The zero-order valence-electron chi connectivity index (χ0n) is 16.5. The Kier molecular flexibility index (Phi) is 6.87. The van der Waals surface area contributed by atoms with Crippen molar-refractivity contribution in [1.29, 1.82) is 0 Å². The Morgan fingerprint density at radius 1 is 1.03 bits per heavy atom. The summed E-state index contributed by atoms with van der Waals surface area (Å²) in [5, 5.41) is 5.53. The number of alkyl carbamates (subject to hydrolysis) is 1. The van der Waals surface area contributed by atoms with E-state index in [2.05, 4.69) is 15.4 Å². The number of hydrogen-bond donors (Lipinski definition) is 2. The van der Waals surface area contributed by atoms with Crippen LogP contribution in [0.25, 0.3) is 0 Å². The lowest BCUT2D eigenvalue weighted by Crippen LogP contribution is -2.31. The van der Waals surface area contributed by atoms with Crippen molar-refractivity contribution in [2.24, 2.45) is 0 Å². The Bertz CT molecular complexity index is 905. The molecule has 0 saturated carbocycles. The van der Waals surface area contributed by atoms with Crippen molar-refractivity contribution < 1.29 is 23.9 Å². The predicted octanol–water partition coefficient (Wildman–Crippen LogP) is 4.16. The number of nitrogens with one attached hydrogen (secondary N) is 2. The average molecular weight is 416 g/mol. The second kappa shape index (κ2) is 9.56. The second-order valence-corrected chi connectivity index (χ2v) is 7.73. The first kappa shape index (κ1) is 20.9. The number of fused-ring (bicyclic) bond motifs is 1. The minimum absolute atomic E-state index is 0.323. The number of rotatable bonds is 5. The van der Waals surface area contributed by atoms with Gasteiger partial charge in [-0.3, -0.25) is 14.9 Å². The molecule has 0 aliphatic heterocycles. The minimum Gasteiger partial charge on any atom is -0.494 e. The summed E-state index contributed by atoms with van der Waals surface area (Å²) in [4.78, 5) is 38.1. The van der Waals surface area contributed by atoms with Crippen LogP contribution in [0.15, 0.2) is 24.3 Å². The molecule has 3 amide bonds. The lowest BCUT2D eigenvalue weighted by Gasteiger charge is -2.09. The van der Waals surface area contributed by atoms with Gasteiger partial charge in [0.15, 0.2) is 0 Å². The summed E-state index contributed by atoms with van der Waals surface area (Å²) >= 11 is 1.40. The quantitative estimate of drug-likeness (QED) is 0.714. The maximum atomic E-state index is 12.7. The summed E-state index contributed by atoms with van der Waals surface area (Å²) in [6, 6.07) is 6.81. The van der Waals surface area contributed by atoms with Crippen LogP contribution in [0.1, 0.15) is 57.3 Å². The van der Waals surface area contributed by atoms with Gasteiger partial charge in [-0.15, -0.1) is 11.3 Å². The molecule has 29 heavy (non-hydrogen) atoms. The van der Waals surface area contributed by atoms with E-state index in [9.17, 15) is 14.4 Å². The van der Waals surface area contributed by atoms with Crippen molar-refractivity contribution in [3.8, 4) is 5.75 Å². The molecule has 2 aromatic rings. The Labute approximate surface area is 173 Å². The zero-order valence-corrected chi connectivity index (χ0v) is 17.3. The predicted molar refractivity (Wildman–Crippen MR) is 111 cm³/mol. The van der Waals surface area contributed by atoms with Crippen LogP contribution in [0.3, 0.4) is 0 Å². The number of hydrogen-bond acceptors (Lipinski definition) is 6. The fourth-order valence-corrected chi connectivity index (χ4v) is 4.60. The van der Waals surface area contributed by atoms with E-state index in [0.717, 1.165) is 42.5 Å². The standard InChI is InChI=1S/C21H24N2O5S/c1-3-28-14-11-9-13(10-12-14)18(24)22-20-17(19(25)23-21(26)27-2)15-7-5-4-6-8-16(15)29-20/h9-12H,3-8H2,1-2H3,(H,22,24)(H,23,25,26). The molecule has 154 valence electrons. The van der Waals surface area contributed by atoms with Crippen molar-refractivity contribution >= 4 is 34.2 Å². The maximum Gasteiger partial charge on any atom is 0.413 e. The maximum absolute atomic E-state index is 12.7. The summed E-state index contributed by atoms with van der Waals surface area (Å²) in [5.74, 6) is -0.195. The van der Waals surface area contributed by atoms with Crippen molar-refractivity contribution in [3.63, 3.8) is 0 Å². The fraction of sp³-hybridized carbons (Fsp3) is 0.381. The fourth-order valence-electron chi connectivity index (χ4n) is 3.32. The first-order valence-corrected chi connectivity index (χ1v) is 10.4. The largest absolute Gasteiger partial charge is 0.494 e. The first-order chi connectivity index (χ1) is 14.0. The summed E-state index contributed by atoms with van der Waals surface area (Å²) in [6.45, 7) is 2.44. The molecular weight excluding hydrogens is 392 g/mol. The van der Waals surface area contributed by atoms with Gasteiger partial charge in [0.25, 0.3) is 11.8 Å². The lowest BCUT2D eigenvalue weighted by molar-refractivity contribution is 0.0937. The van der Waals surface area contributed by atoms with Crippen molar-refractivity contribution in [2.45, 2.75) is 39.0 Å². The third kappa shape index (κ3) is 4.95. The number of ether oxygens (including phenoxy) is 2. The number of anilines is 1. The molecular formula is C21H24N2O5S. The molecule has 0 spiro atoms. The molecule has 2 N–H and O–H groups in total. The molecule has 0 atom stereocenters. The van der Waals surface area contributed by atoms with Gasteiger partial charge in [0.2, 0.25) is 0 Å². The summed E-state index contributed by atoms with van der Waals surface area (Å²) < 4.78 is 9.94. The van der Waals surface area contributed by atoms with Gasteiger partial charge in [-0.25, -0.2) is 4.79 Å². The number of imide groups is 1. The summed E-state index contributed by atoms with van der Waals surface area (Å²) in [6.07, 6.45) is 3.87. The van der Waals surface area contributed by atoms with Gasteiger partial charge in [-0.1, -0.05) is 6.42 Å². The molecule has 0 unspecified atom stereocenters. The van der Waals surface area contributed by atoms with Gasteiger partial charge in [0.05, 0.1) is 19.3 Å². The van der Waals surface area contributed by atoms with E-state index in [1.807, 2.05) is 6.92 Å². The smallest absolute Gasteiger partial charge is 0.413 e. The highest BCUT2D eigenvalue weighted by molar-refractivity contribution is 7.17. The van der Waals surface area contributed by atoms with Crippen LogP contribution in [-0.2, 0) is 17.6 Å². The van der Waals surface area contributed by atoms with Gasteiger partial charge in [0, 0.05) is 10.4 Å². The monoisotopic (exact) mass is 416 g/mol. The highest BCUT2D eigenvalue weighted by Crippen LogP contribution is 2.37. The van der Waals surface area contributed by atoms with Crippen LogP contribution in [0, 0.1) is 0 Å². The first-order valence-electron chi connectivity index (χ1n) is 9.61. The van der Waals surface area contributed by atoms with E-state index < -0.39 is 12.0 Å². The van der Waals surface area contributed by atoms with Crippen LogP contribution < -0.4 is 15.4 Å². The molecule has 7 nitrogen and oxygen atoms in total. The number of carbonyl (C=O) groups excluding carboxylic acids is 3. The molecule has 0 saturated heterocycles. The average Bonchev–Trinajstić information content (AvgIpc) is 2.89. The zero-order chi connectivity index (χ0) is 20.8. The van der Waals surface area contributed by atoms with Gasteiger partial charge < -0.3 is 14.8 Å². The Morgan fingerprint density at radius 2 is 1.76 bits per heavy atom. The van der Waals surface area contributed by atoms with Gasteiger partial charge in [0.1, 0.15) is 10.8 Å². The van der Waals surface area contributed by atoms with Crippen molar-refractivity contribution in [1.82, 2.24) is 5.32 Å². The second-order valence-electron chi connectivity index (χ2n) is 6.63. The molecule has 0 bridgehead atoms. The van der Waals surface area contributed by atoms with Crippen LogP contribution in [0.4, 0.5) is 9.80 Å². The molecule has 1 aliphatic rings. The van der Waals surface area contributed by atoms with Crippen LogP contribution in [0.5, 0.6) is 5.75 Å². The Balaban J connectivity index is 1.88.